The van der Waals surface area contributed by atoms with E-state index in [0.717, 1.165) is 27.5 Å². The maximum absolute atomic E-state index is 6.04. The summed E-state index contributed by atoms with van der Waals surface area (Å²) in [6, 6.07) is 25.9. The van der Waals surface area contributed by atoms with Gasteiger partial charge in [-0.3, -0.25) is 4.99 Å². The number of halogens is 1. The van der Waals surface area contributed by atoms with Crippen LogP contribution in [-0.2, 0) is 6.61 Å². The van der Waals surface area contributed by atoms with E-state index in [9.17, 15) is 0 Å². The van der Waals surface area contributed by atoms with Gasteiger partial charge in [0.1, 0.15) is 12.4 Å². The molecule has 0 aromatic heterocycles. The van der Waals surface area contributed by atoms with Crippen LogP contribution in [-0.4, -0.2) is 6.21 Å². The van der Waals surface area contributed by atoms with Crippen LogP contribution < -0.4 is 4.74 Å². The molecule has 1 atom stereocenters. The molecular weight excluding hydrogens is 330 g/mol. The maximum Gasteiger partial charge on any atom is 0.120 e. The third-order valence-corrected chi connectivity index (χ3v) is 4.12. The quantitative estimate of drug-likeness (QED) is 0.493. The lowest BCUT2D eigenvalue weighted by atomic mass is 10.1. The Bertz CT molecular complexity index is 845. The topological polar surface area (TPSA) is 21.6 Å². The first-order valence-corrected chi connectivity index (χ1v) is 8.64. The number of benzene rings is 3. The summed E-state index contributed by atoms with van der Waals surface area (Å²) in [5, 5.41) is 0.732. The van der Waals surface area contributed by atoms with Crippen LogP contribution in [0.5, 0.6) is 5.75 Å². The summed E-state index contributed by atoms with van der Waals surface area (Å²) in [5.74, 6) is 0.836. The summed E-state index contributed by atoms with van der Waals surface area (Å²) < 4.78 is 5.86. The molecule has 3 aromatic carbocycles. The van der Waals surface area contributed by atoms with Gasteiger partial charge in [0, 0.05) is 11.2 Å². The highest BCUT2D eigenvalue weighted by molar-refractivity contribution is 6.30. The highest BCUT2D eigenvalue weighted by Crippen LogP contribution is 2.21. The number of rotatable bonds is 6. The van der Waals surface area contributed by atoms with Crippen molar-refractivity contribution in [2.45, 2.75) is 19.6 Å². The van der Waals surface area contributed by atoms with Gasteiger partial charge < -0.3 is 4.74 Å². The van der Waals surface area contributed by atoms with Gasteiger partial charge in [0.05, 0.1) is 6.04 Å². The number of ether oxygens (including phenoxy) is 1. The molecule has 0 aliphatic heterocycles. The minimum Gasteiger partial charge on any atom is -0.489 e. The molecule has 3 heteroatoms. The highest BCUT2D eigenvalue weighted by Gasteiger charge is 2.03. The Kier molecular flexibility index (Phi) is 5.86. The fraction of sp³-hybridized carbons (Fsp3) is 0.136. The average molecular weight is 350 g/mol. The molecule has 0 heterocycles. The van der Waals surface area contributed by atoms with Crippen molar-refractivity contribution in [1.29, 1.82) is 0 Å². The molecule has 0 saturated carbocycles. The van der Waals surface area contributed by atoms with Crippen molar-refractivity contribution in [3.8, 4) is 5.75 Å². The minimum absolute atomic E-state index is 0.0487. The van der Waals surface area contributed by atoms with Gasteiger partial charge in [0.15, 0.2) is 0 Å². The zero-order chi connectivity index (χ0) is 17.5. The average Bonchev–Trinajstić information content (AvgIpc) is 2.66. The smallest absolute Gasteiger partial charge is 0.120 e. The molecule has 2 nitrogen and oxygen atoms in total. The van der Waals surface area contributed by atoms with E-state index in [0.29, 0.717) is 6.61 Å². The summed E-state index contributed by atoms with van der Waals surface area (Å²) >= 11 is 6.04. The Hall–Kier alpha value is -2.58. The maximum atomic E-state index is 6.04. The van der Waals surface area contributed by atoms with Crippen LogP contribution in [0.1, 0.15) is 29.7 Å². The van der Waals surface area contributed by atoms with Gasteiger partial charge in [-0.25, -0.2) is 0 Å². The molecule has 126 valence electrons. The van der Waals surface area contributed by atoms with Crippen molar-refractivity contribution in [2.24, 2.45) is 4.99 Å². The second kappa shape index (κ2) is 8.50. The summed E-state index contributed by atoms with van der Waals surface area (Å²) in [4.78, 5) is 4.63. The Morgan fingerprint density at radius 1 is 0.960 bits per heavy atom. The Labute approximate surface area is 153 Å². The molecule has 0 radical (unpaired) electrons. The molecular formula is C22H20ClNO. The van der Waals surface area contributed by atoms with Gasteiger partial charge in [-0.1, -0.05) is 66.2 Å². The standard InChI is InChI=1S/C22H20ClNO/c1-17(20-10-6-11-21(23)14-20)24-15-19-9-5-12-22(13-19)25-16-18-7-3-2-4-8-18/h2-15,17H,16H2,1H3. The number of hydrogen-bond acceptors (Lipinski definition) is 2. The van der Waals surface area contributed by atoms with Gasteiger partial charge in [-0.15, -0.1) is 0 Å². The van der Waals surface area contributed by atoms with Crippen molar-refractivity contribution in [1.82, 2.24) is 0 Å². The van der Waals surface area contributed by atoms with E-state index < -0.39 is 0 Å². The molecule has 3 rings (SSSR count). The molecule has 1 unspecified atom stereocenters. The molecule has 0 aliphatic rings. The van der Waals surface area contributed by atoms with Crippen LogP contribution in [0.25, 0.3) is 0 Å². The number of hydrogen-bond donors (Lipinski definition) is 0. The van der Waals surface area contributed by atoms with Crippen molar-refractivity contribution in [2.75, 3.05) is 0 Å². The lowest BCUT2D eigenvalue weighted by molar-refractivity contribution is 0.306. The van der Waals surface area contributed by atoms with Crippen molar-refractivity contribution >= 4 is 17.8 Å². The van der Waals surface area contributed by atoms with Crippen LogP contribution in [0.3, 0.4) is 0 Å². The van der Waals surface area contributed by atoms with Crippen LogP contribution in [0.15, 0.2) is 83.9 Å². The molecule has 0 N–H and O–H groups in total. The molecule has 0 spiro atoms. The van der Waals surface area contributed by atoms with Crippen LogP contribution >= 0.6 is 11.6 Å². The summed E-state index contributed by atoms with van der Waals surface area (Å²) in [7, 11) is 0. The third kappa shape index (κ3) is 5.20. The predicted octanol–water partition coefficient (Wildman–Crippen LogP) is 6.10. The van der Waals surface area contributed by atoms with Crippen molar-refractivity contribution in [3.63, 3.8) is 0 Å². The van der Waals surface area contributed by atoms with E-state index in [-0.39, 0.29) is 6.04 Å². The molecule has 0 amide bonds. The Balaban J connectivity index is 1.65. The predicted molar refractivity (Wildman–Crippen MR) is 105 cm³/mol. The zero-order valence-corrected chi connectivity index (χ0v) is 14.9. The fourth-order valence-corrected chi connectivity index (χ4v) is 2.67. The van der Waals surface area contributed by atoms with E-state index in [2.05, 4.69) is 24.0 Å². The second-order valence-electron chi connectivity index (χ2n) is 5.86. The zero-order valence-electron chi connectivity index (χ0n) is 14.1. The van der Waals surface area contributed by atoms with Gasteiger partial charge in [0.25, 0.3) is 0 Å². The SMILES string of the molecule is CC(N=Cc1cccc(OCc2ccccc2)c1)c1cccc(Cl)c1. The van der Waals surface area contributed by atoms with Gasteiger partial charge in [-0.05, 0) is 47.9 Å². The first-order valence-electron chi connectivity index (χ1n) is 8.26. The Morgan fingerprint density at radius 2 is 1.76 bits per heavy atom. The molecule has 0 bridgehead atoms. The number of aliphatic imine (C=N–C) groups is 1. The van der Waals surface area contributed by atoms with Gasteiger partial charge in [0.2, 0.25) is 0 Å². The summed E-state index contributed by atoms with van der Waals surface area (Å²) in [6.07, 6.45) is 1.88. The molecule has 25 heavy (non-hydrogen) atoms. The molecule has 0 fully saturated rings. The van der Waals surface area contributed by atoms with Crippen LogP contribution in [0.4, 0.5) is 0 Å². The molecule has 3 aromatic rings. The molecule has 0 saturated heterocycles. The van der Waals surface area contributed by atoms with E-state index in [1.54, 1.807) is 0 Å². The molecule has 0 aliphatic carbocycles. The highest BCUT2D eigenvalue weighted by atomic mass is 35.5. The largest absolute Gasteiger partial charge is 0.489 e. The van der Waals surface area contributed by atoms with Crippen LogP contribution in [0, 0.1) is 0 Å². The third-order valence-electron chi connectivity index (χ3n) is 3.88. The summed E-state index contributed by atoms with van der Waals surface area (Å²) in [6.45, 7) is 2.61. The second-order valence-corrected chi connectivity index (χ2v) is 6.29. The van der Waals surface area contributed by atoms with E-state index in [4.69, 9.17) is 16.3 Å². The lowest BCUT2D eigenvalue weighted by Gasteiger charge is -2.08. The number of nitrogens with zero attached hydrogens (tertiary/aromatic N) is 1. The fourth-order valence-electron chi connectivity index (χ4n) is 2.48. The lowest BCUT2D eigenvalue weighted by Crippen LogP contribution is -1.96. The minimum atomic E-state index is 0.0487. The van der Waals surface area contributed by atoms with Crippen molar-refractivity contribution in [3.05, 3.63) is 101 Å². The van der Waals surface area contributed by atoms with Crippen molar-refractivity contribution < 1.29 is 4.74 Å². The summed E-state index contributed by atoms with van der Waals surface area (Å²) in [5.41, 5.74) is 3.26. The monoisotopic (exact) mass is 349 g/mol. The van der Waals surface area contributed by atoms with Crippen LogP contribution in [0.2, 0.25) is 5.02 Å². The van der Waals surface area contributed by atoms with E-state index >= 15 is 0 Å². The van der Waals surface area contributed by atoms with Gasteiger partial charge >= 0.3 is 0 Å². The van der Waals surface area contributed by atoms with Gasteiger partial charge in [-0.2, -0.15) is 0 Å². The first-order chi connectivity index (χ1) is 12.2. The normalized spacial score (nSPS) is 12.2. The van der Waals surface area contributed by atoms with E-state index in [1.807, 2.05) is 72.9 Å². The first kappa shape index (κ1) is 17.2. The van der Waals surface area contributed by atoms with E-state index in [1.165, 1.54) is 0 Å². The Morgan fingerprint density at radius 3 is 2.56 bits per heavy atom.